The number of rotatable bonds is 7. The largest absolute Gasteiger partial charge is 0.367 e. The molecule has 3 N–H and O–H groups in total. The van der Waals surface area contributed by atoms with Crippen LogP contribution in [0.3, 0.4) is 0 Å². The van der Waals surface area contributed by atoms with Crippen LogP contribution in [-0.4, -0.2) is 58.3 Å². The summed E-state index contributed by atoms with van der Waals surface area (Å²) in [7, 11) is 4.16. The van der Waals surface area contributed by atoms with Crippen molar-refractivity contribution in [1.29, 1.82) is 0 Å². The van der Waals surface area contributed by atoms with Gasteiger partial charge in [-0.05, 0) is 40.9 Å². The molecule has 7 heteroatoms. The Balaban J connectivity index is 2.16. The zero-order chi connectivity index (χ0) is 14.5. The fourth-order valence-electron chi connectivity index (χ4n) is 1.94. The molecule has 0 fully saturated rings. The number of H-pyrrole nitrogens is 1. The van der Waals surface area contributed by atoms with Gasteiger partial charge in [0.25, 0.3) is 0 Å². The first-order valence-corrected chi connectivity index (χ1v) is 6.96. The first-order valence-electron chi connectivity index (χ1n) is 6.96. The molecule has 0 aromatic carbocycles. The van der Waals surface area contributed by atoms with Crippen LogP contribution in [0.15, 0.2) is 6.20 Å². The Morgan fingerprint density at radius 3 is 2.85 bits per heavy atom. The van der Waals surface area contributed by atoms with Crippen molar-refractivity contribution in [3.05, 3.63) is 6.20 Å². The molecule has 0 amide bonds. The number of nitrogens with zero attached hydrogens (tertiary/aromatic N) is 4. The van der Waals surface area contributed by atoms with Crippen molar-refractivity contribution >= 4 is 22.8 Å². The highest BCUT2D eigenvalue weighted by Crippen LogP contribution is 2.21. The second kappa shape index (κ2) is 6.51. The molecule has 0 radical (unpaired) electrons. The van der Waals surface area contributed by atoms with Gasteiger partial charge in [-0.1, -0.05) is 0 Å². The van der Waals surface area contributed by atoms with Crippen LogP contribution < -0.4 is 10.6 Å². The number of anilines is 2. The smallest absolute Gasteiger partial charge is 0.226 e. The van der Waals surface area contributed by atoms with Gasteiger partial charge < -0.3 is 15.5 Å². The molecule has 2 heterocycles. The van der Waals surface area contributed by atoms with Gasteiger partial charge in [-0.15, -0.1) is 0 Å². The number of aromatic nitrogens is 4. The average molecular weight is 277 g/mol. The van der Waals surface area contributed by atoms with Gasteiger partial charge in [0.15, 0.2) is 5.65 Å². The molecule has 7 nitrogen and oxygen atoms in total. The van der Waals surface area contributed by atoms with Gasteiger partial charge in [0.2, 0.25) is 5.95 Å². The molecular formula is C13H23N7. The van der Waals surface area contributed by atoms with E-state index in [-0.39, 0.29) is 0 Å². The molecule has 110 valence electrons. The summed E-state index contributed by atoms with van der Waals surface area (Å²) in [4.78, 5) is 11.1. The molecule has 0 spiro atoms. The summed E-state index contributed by atoms with van der Waals surface area (Å²) >= 11 is 0. The first kappa shape index (κ1) is 14.5. The van der Waals surface area contributed by atoms with E-state index in [1.165, 1.54) is 0 Å². The molecule has 0 aliphatic carbocycles. The zero-order valence-electron chi connectivity index (χ0n) is 12.6. The lowest BCUT2D eigenvalue weighted by molar-refractivity contribution is 0.390. The Kier molecular flexibility index (Phi) is 4.73. The van der Waals surface area contributed by atoms with Crippen LogP contribution in [0.4, 0.5) is 11.8 Å². The van der Waals surface area contributed by atoms with Gasteiger partial charge >= 0.3 is 0 Å². The van der Waals surface area contributed by atoms with E-state index in [1.54, 1.807) is 6.20 Å². The fourth-order valence-corrected chi connectivity index (χ4v) is 1.94. The minimum absolute atomic E-state index is 0.333. The van der Waals surface area contributed by atoms with Crippen LogP contribution in [0.25, 0.3) is 11.0 Å². The molecule has 1 unspecified atom stereocenters. The number of fused-ring (bicyclic) bond motifs is 1. The molecule has 2 aromatic heterocycles. The summed E-state index contributed by atoms with van der Waals surface area (Å²) in [5.74, 6) is 1.44. The summed E-state index contributed by atoms with van der Waals surface area (Å²) in [6, 6.07) is 0.333. The molecule has 2 rings (SSSR count). The summed E-state index contributed by atoms with van der Waals surface area (Å²) in [6.45, 7) is 6.00. The van der Waals surface area contributed by atoms with Gasteiger partial charge in [0.1, 0.15) is 5.82 Å². The summed E-state index contributed by atoms with van der Waals surface area (Å²) in [6.07, 6.45) is 2.80. The van der Waals surface area contributed by atoms with E-state index < -0.39 is 0 Å². The first-order chi connectivity index (χ1) is 9.60. The lowest BCUT2D eigenvalue weighted by Gasteiger charge is -2.18. The molecule has 0 aliphatic heterocycles. The van der Waals surface area contributed by atoms with Crippen molar-refractivity contribution in [2.24, 2.45) is 0 Å². The zero-order valence-corrected chi connectivity index (χ0v) is 12.6. The van der Waals surface area contributed by atoms with Gasteiger partial charge in [-0.25, -0.2) is 0 Å². The SMILES string of the molecule is CCNc1nc(NC(C)CCN(C)C)c2cn[nH]c2n1. The van der Waals surface area contributed by atoms with Crippen molar-refractivity contribution in [2.45, 2.75) is 26.3 Å². The van der Waals surface area contributed by atoms with Crippen LogP contribution in [-0.2, 0) is 0 Å². The van der Waals surface area contributed by atoms with Crippen molar-refractivity contribution in [2.75, 3.05) is 37.8 Å². The third kappa shape index (κ3) is 3.57. The molecule has 1 atom stereocenters. The highest BCUT2D eigenvalue weighted by atomic mass is 15.2. The topological polar surface area (TPSA) is 81.8 Å². The van der Waals surface area contributed by atoms with E-state index >= 15 is 0 Å². The van der Waals surface area contributed by atoms with Crippen molar-refractivity contribution in [1.82, 2.24) is 25.1 Å². The molecule has 2 aromatic rings. The van der Waals surface area contributed by atoms with Gasteiger partial charge in [-0.3, -0.25) is 5.10 Å². The van der Waals surface area contributed by atoms with E-state index in [0.717, 1.165) is 36.4 Å². The highest BCUT2D eigenvalue weighted by molar-refractivity contribution is 5.87. The number of nitrogens with one attached hydrogen (secondary N) is 3. The average Bonchev–Trinajstić information content (AvgIpc) is 2.85. The number of hydrogen-bond acceptors (Lipinski definition) is 6. The Labute approximate surface area is 119 Å². The molecular weight excluding hydrogens is 254 g/mol. The quantitative estimate of drug-likeness (QED) is 0.712. The van der Waals surface area contributed by atoms with Crippen LogP contribution in [0.5, 0.6) is 0 Å². The Bertz CT molecular complexity index is 549. The van der Waals surface area contributed by atoms with Crippen LogP contribution in [0, 0.1) is 0 Å². The normalized spacial score (nSPS) is 12.8. The summed E-state index contributed by atoms with van der Waals surface area (Å²) in [5, 5.41) is 14.4. The van der Waals surface area contributed by atoms with E-state index in [9.17, 15) is 0 Å². The second-order valence-electron chi connectivity index (χ2n) is 5.20. The van der Waals surface area contributed by atoms with Crippen molar-refractivity contribution < 1.29 is 0 Å². The van der Waals surface area contributed by atoms with Gasteiger partial charge in [0, 0.05) is 12.6 Å². The Morgan fingerprint density at radius 2 is 2.15 bits per heavy atom. The minimum atomic E-state index is 0.333. The predicted octanol–water partition coefficient (Wildman–Crippen LogP) is 1.54. The maximum absolute atomic E-state index is 4.52. The van der Waals surface area contributed by atoms with E-state index in [0.29, 0.717) is 12.0 Å². The molecule has 0 saturated carbocycles. The molecule has 0 saturated heterocycles. The van der Waals surface area contributed by atoms with Crippen LogP contribution in [0.1, 0.15) is 20.3 Å². The summed E-state index contributed by atoms with van der Waals surface area (Å²) in [5.41, 5.74) is 0.748. The maximum Gasteiger partial charge on any atom is 0.226 e. The monoisotopic (exact) mass is 277 g/mol. The third-order valence-electron chi connectivity index (χ3n) is 3.04. The summed E-state index contributed by atoms with van der Waals surface area (Å²) < 4.78 is 0. The van der Waals surface area contributed by atoms with E-state index in [1.807, 2.05) is 6.92 Å². The second-order valence-corrected chi connectivity index (χ2v) is 5.20. The van der Waals surface area contributed by atoms with Crippen LogP contribution >= 0.6 is 0 Å². The van der Waals surface area contributed by atoms with E-state index in [4.69, 9.17) is 0 Å². The number of aromatic amines is 1. The third-order valence-corrected chi connectivity index (χ3v) is 3.04. The minimum Gasteiger partial charge on any atom is -0.367 e. The molecule has 20 heavy (non-hydrogen) atoms. The van der Waals surface area contributed by atoms with Gasteiger partial charge in [-0.2, -0.15) is 15.1 Å². The molecule has 0 aliphatic rings. The van der Waals surface area contributed by atoms with Crippen LogP contribution in [0.2, 0.25) is 0 Å². The Morgan fingerprint density at radius 1 is 1.35 bits per heavy atom. The highest BCUT2D eigenvalue weighted by Gasteiger charge is 2.11. The predicted molar refractivity (Wildman–Crippen MR) is 82.1 cm³/mol. The van der Waals surface area contributed by atoms with Gasteiger partial charge in [0.05, 0.1) is 11.6 Å². The maximum atomic E-state index is 4.52. The van der Waals surface area contributed by atoms with Crippen molar-refractivity contribution in [3.63, 3.8) is 0 Å². The van der Waals surface area contributed by atoms with Crippen molar-refractivity contribution in [3.8, 4) is 0 Å². The standard InChI is InChI=1S/C13H23N7/c1-5-14-13-17-11(10-8-15-19-12(10)18-13)16-9(2)6-7-20(3)4/h8-9H,5-7H2,1-4H3,(H3,14,15,16,17,18,19). The lowest BCUT2D eigenvalue weighted by atomic mass is 10.2. The molecule has 0 bridgehead atoms. The van der Waals surface area contributed by atoms with E-state index in [2.05, 4.69) is 56.7 Å². The fraction of sp³-hybridized carbons (Fsp3) is 0.615. The Hall–Kier alpha value is -1.89. The number of hydrogen-bond donors (Lipinski definition) is 3. The lowest BCUT2D eigenvalue weighted by Crippen LogP contribution is -2.23.